The second-order valence-corrected chi connectivity index (χ2v) is 10.3. The van der Waals surface area contributed by atoms with Crippen molar-refractivity contribution in [2.24, 2.45) is 5.92 Å². The minimum atomic E-state index is -3.69. The van der Waals surface area contributed by atoms with Crippen LogP contribution in [-0.4, -0.2) is 34.0 Å². The van der Waals surface area contributed by atoms with Gasteiger partial charge in [-0.05, 0) is 85.8 Å². The Morgan fingerprint density at radius 2 is 1.70 bits per heavy atom. The molecule has 33 heavy (non-hydrogen) atoms. The molecule has 0 aromatic heterocycles. The van der Waals surface area contributed by atoms with Gasteiger partial charge in [-0.15, -0.1) is 0 Å². The van der Waals surface area contributed by atoms with E-state index < -0.39 is 10.0 Å². The molecule has 3 aromatic rings. The molecular weight excluding hydrogens is 434 g/mol. The summed E-state index contributed by atoms with van der Waals surface area (Å²) in [6.07, 6.45) is 1.04. The number of nitrogens with zero attached hydrogens (tertiary/aromatic N) is 1. The smallest absolute Gasteiger partial charge is 0.261 e. The van der Waals surface area contributed by atoms with Crippen LogP contribution in [0.5, 0.6) is 0 Å². The lowest BCUT2D eigenvalue weighted by Gasteiger charge is -2.18. The number of sulfonamides is 1. The Hall–Kier alpha value is -3.32. The van der Waals surface area contributed by atoms with Crippen molar-refractivity contribution in [2.45, 2.75) is 25.2 Å². The maximum absolute atomic E-state index is 12.7. The highest BCUT2D eigenvalue weighted by atomic mass is 32.2. The number of aryl methyl sites for hydroxylation is 2. The quantitative estimate of drug-likeness (QED) is 0.546. The van der Waals surface area contributed by atoms with E-state index in [2.05, 4.69) is 27.1 Å². The van der Waals surface area contributed by atoms with Crippen molar-refractivity contribution in [2.75, 3.05) is 29.3 Å². The molecule has 2 N–H and O–H groups in total. The van der Waals surface area contributed by atoms with E-state index in [1.165, 1.54) is 5.69 Å². The largest absolute Gasteiger partial charge is 0.371 e. The molecule has 6 nitrogen and oxygen atoms in total. The van der Waals surface area contributed by atoms with Crippen LogP contribution < -0.4 is 14.9 Å². The first-order valence-corrected chi connectivity index (χ1v) is 12.6. The summed E-state index contributed by atoms with van der Waals surface area (Å²) < 4.78 is 27.9. The zero-order valence-electron chi connectivity index (χ0n) is 18.9. The van der Waals surface area contributed by atoms with Gasteiger partial charge in [0.25, 0.3) is 15.9 Å². The van der Waals surface area contributed by atoms with E-state index in [0.29, 0.717) is 23.7 Å². The van der Waals surface area contributed by atoms with Gasteiger partial charge in [-0.25, -0.2) is 8.42 Å². The first-order valence-electron chi connectivity index (χ1n) is 11.1. The standard InChI is InChI=1S/C26H29N3O3S/c1-19-8-13-25(16-20(19)2)33(31,32)28-23-11-9-22(10-12-23)26(30)27-17-21-14-15-29(18-21)24-6-4-3-5-7-24/h3-13,16,21,28H,14-15,17-18H2,1-2H3,(H,27,30). The average Bonchev–Trinajstić information content (AvgIpc) is 3.29. The number of nitrogens with one attached hydrogen (secondary N) is 2. The Kier molecular flexibility index (Phi) is 6.70. The molecule has 7 heteroatoms. The summed E-state index contributed by atoms with van der Waals surface area (Å²) in [6.45, 7) is 6.34. The maximum atomic E-state index is 12.7. The average molecular weight is 464 g/mol. The van der Waals surface area contributed by atoms with E-state index in [0.717, 1.165) is 30.6 Å². The van der Waals surface area contributed by atoms with Crippen LogP contribution in [-0.2, 0) is 10.0 Å². The van der Waals surface area contributed by atoms with Gasteiger partial charge in [-0.2, -0.15) is 0 Å². The van der Waals surface area contributed by atoms with E-state index >= 15 is 0 Å². The van der Waals surface area contributed by atoms with E-state index in [-0.39, 0.29) is 10.8 Å². The number of anilines is 2. The summed E-state index contributed by atoms with van der Waals surface area (Å²) >= 11 is 0. The third-order valence-corrected chi connectivity index (χ3v) is 7.53. The monoisotopic (exact) mass is 463 g/mol. The Morgan fingerprint density at radius 1 is 0.970 bits per heavy atom. The number of amides is 1. The highest BCUT2D eigenvalue weighted by molar-refractivity contribution is 7.92. The SMILES string of the molecule is Cc1ccc(S(=O)(=O)Nc2ccc(C(=O)NCC3CCN(c4ccccc4)C3)cc2)cc1C. The second kappa shape index (κ2) is 9.67. The predicted molar refractivity (Wildman–Crippen MR) is 132 cm³/mol. The van der Waals surface area contributed by atoms with Crippen LogP contribution in [0.2, 0.25) is 0 Å². The van der Waals surface area contributed by atoms with Crippen molar-refractivity contribution in [3.63, 3.8) is 0 Å². The molecule has 1 amide bonds. The van der Waals surface area contributed by atoms with Crippen molar-refractivity contribution in [1.29, 1.82) is 0 Å². The summed E-state index contributed by atoms with van der Waals surface area (Å²) in [4.78, 5) is 15.1. The van der Waals surface area contributed by atoms with Crippen molar-refractivity contribution < 1.29 is 13.2 Å². The number of para-hydroxylation sites is 1. The number of hydrogen-bond donors (Lipinski definition) is 2. The van der Waals surface area contributed by atoms with Gasteiger partial charge >= 0.3 is 0 Å². The van der Waals surface area contributed by atoms with Gasteiger partial charge < -0.3 is 10.2 Å². The minimum Gasteiger partial charge on any atom is -0.371 e. The van der Waals surface area contributed by atoms with Gasteiger partial charge in [0.05, 0.1) is 4.90 Å². The molecule has 172 valence electrons. The summed E-state index contributed by atoms with van der Waals surface area (Å²) in [6, 6.07) is 21.8. The molecule has 4 rings (SSSR count). The first kappa shape index (κ1) is 22.9. The molecule has 0 spiro atoms. The lowest BCUT2D eigenvalue weighted by Crippen LogP contribution is -2.31. The lowest BCUT2D eigenvalue weighted by atomic mass is 10.1. The number of carbonyl (C=O) groups is 1. The minimum absolute atomic E-state index is 0.156. The Labute approximate surface area is 195 Å². The zero-order valence-corrected chi connectivity index (χ0v) is 19.7. The van der Waals surface area contributed by atoms with Gasteiger partial charge in [-0.1, -0.05) is 24.3 Å². The van der Waals surface area contributed by atoms with Crippen LogP contribution in [0.4, 0.5) is 11.4 Å². The normalized spacial score (nSPS) is 15.9. The predicted octanol–water partition coefficient (Wildman–Crippen LogP) is 4.36. The van der Waals surface area contributed by atoms with E-state index in [1.807, 2.05) is 32.0 Å². The summed E-state index contributed by atoms with van der Waals surface area (Å²) in [7, 11) is -3.69. The number of hydrogen-bond acceptors (Lipinski definition) is 4. The van der Waals surface area contributed by atoms with Gasteiger partial charge in [0, 0.05) is 36.6 Å². The summed E-state index contributed by atoms with van der Waals surface area (Å²) in [5, 5.41) is 3.01. The van der Waals surface area contributed by atoms with Crippen molar-refractivity contribution >= 4 is 27.3 Å². The molecule has 1 fully saturated rings. The fourth-order valence-corrected chi connectivity index (χ4v) is 5.14. The number of benzene rings is 3. The number of carbonyl (C=O) groups excluding carboxylic acids is 1. The fraction of sp³-hybridized carbons (Fsp3) is 0.269. The molecule has 1 unspecified atom stereocenters. The van der Waals surface area contributed by atoms with Gasteiger partial charge in [0.1, 0.15) is 0 Å². The van der Waals surface area contributed by atoms with E-state index in [4.69, 9.17) is 0 Å². The van der Waals surface area contributed by atoms with Gasteiger partial charge in [0.15, 0.2) is 0 Å². The molecule has 0 radical (unpaired) electrons. The molecule has 1 aliphatic rings. The number of rotatable bonds is 7. The van der Waals surface area contributed by atoms with Crippen LogP contribution in [0, 0.1) is 19.8 Å². The van der Waals surface area contributed by atoms with Crippen LogP contribution in [0.15, 0.2) is 77.7 Å². The third-order valence-electron chi connectivity index (χ3n) is 6.15. The zero-order chi connectivity index (χ0) is 23.4. The van der Waals surface area contributed by atoms with E-state index in [9.17, 15) is 13.2 Å². The summed E-state index contributed by atoms with van der Waals surface area (Å²) in [5.41, 5.74) is 4.08. The van der Waals surface area contributed by atoms with Crippen molar-refractivity contribution in [1.82, 2.24) is 5.32 Å². The molecule has 1 atom stereocenters. The van der Waals surface area contributed by atoms with Crippen molar-refractivity contribution in [3.8, 4) is 0 Å². The molecule has 0 aliphatic carbocycles. The maximum Gasteiger partial charge on any atom is 0.261 e. The second-order valence-electron chi connectivity index (χ2n) is 8.58. The summed E-state index contributed by atoms with van der Waals surface area (Å²) in [5.74, 6) is 0.245. The molecule has 1 saturated heterocycles. The lowest BCUT2D eigenvalue weighted by molar-refractivity contribution is 0.0948. The highest BCUT2D eigenvalue weighted by Crippen LogP contribution is 2.23. The topological polar surface area (TPSA) is 78.5 Å². The Balaban J connectivity index is 1.31. The molecular formula is C26H29N3O3S. The molecule has 1 aliphatic heterocycles. The highest BCUT2D eigenvalue weighted by Gasteiger charge is 2.23. The molecule has 0 bridgehead atoms. The van der Waals surface area contributed by atoms with Gasteiger partial charge in [0.2, 0.25) is 0 Å². The van der Waals surface area contributed by atoms with Gasteiger partial charge in [-0.3, -0.25) is 9.52 Å². The Bertz CT molecular complexity index is 1230. The van der Waals surface area contributed by atoms with Crippen LogP contribution in [0.3, 0.4) is 0 Å². The van der Waals surface area contributed by atoms with Crippen LogP contribution in [0.25, 0.3) is 0 Å². The third kappa shape index (κ3) is 5.54. The van der Waals surface area contributed by atoms with Crippen molar-refractivity contribution in [3.05, 3.63) is 89.5 Å². The molecule has 0 saturated carbocycles. The van der Waals surface area contributed by atoms with Crippen LogP contribution in [0.1, 0.15) is 27.9 Å². The van der Waals surface area contributed by atoms with Crippen LogP contribution >= 0.6 is 0 Å². The molecule has 3 aromatic carbocycles. The fourth-order valence-electron chi connectivity index (χ4n) is 4.00. The van der Waals surface area contributed by atoms with E-state index in [1.54, 1.807) is 42.5 Å². The first-order chi connectivity index (χ1) is 15.8. The molecule has 1 heterocycles. The Morgan fingerprint density at radius 3 is 2.39 bits per heavy atom.